The largest absolute Gasteiger partial charge is 0.494 e. The Morgan fingerprint density at radius 3 is 2.48 bits per heavy atom. The number of hydrogen-bond donors (Lipinski definition) is 2. The summed E-state index contributed by atoms with van der Waals surface area (Å²) in [6, 6.07) is 9.14. The van der Waals surface area contributed by atoms with Gasteiger partial charge in [0.2, 0.25) is 0 Å². The topological polar surface area (TPSA) is 77.3 Å². The smallest absolute Gasteiger partial charge is 0.252 e. The van der Waals surface area contributed by atoms with E-state index in [9.17, 15) is 4.79 Å². The number of aromatic nitrogens is 1. The molecular weight excluding hydrogens is 268 g/mol. The van der Waals surface area contributed by atoms with Crippen molar-refractivity contribution in [3.8, 4) is 22.8 Å². The molecule has 0 bridgehead atoms. The highest BCUT2D eigenvalue weighted by Gasteiger charge is 2.10. The van der Waals surface area contributed by atoms with E-state index in [2.05, 4.69) is 4.98 Å². The van der Waals surface area contributed by atoms with Gasteiger partial charge in [-0.1, -0.05) is 6.07 Å². The molecule has 0 radical (unpaired) electrons. The molecule has 0 aliphatic heterocycles. The highest BCUT2D eigenvalue weighted by atomic mass is 16.5. The number of pyridine rings is 1. The van der Waals surface area contributed by atoms with Gasteiger partial charge in [0.15, 0.2) is 0 Å². The number of ether oxygens (including phenoxy) is 2. The maximum atomic E-state index is 11.9. The summed E-state index contributed by atoms with van der Waals surface area (Å²) in [6.45, 7) is 5.19. The van der Waals surface area contributed by atoms with Crippen LogP contribution in [-0.2, 0) is 6.54 Å². The molecule has 0 atom stereocenters. The van der Waals surface area contributed by atoms with Crippen molar-refractivity contribution in [2.75, 3.05) is 13.2 Å². The van der Waals surface area contributed by atoms with Gasteiger partial charge in [0.1, 0.15) is 11.5 Å². The number of nitrogens with one attached hydrogen (secondary N) is 1. The van der Waals surface area contributed by atoms with Gasteiger partial charge in [-0.25, -0.2) is 0 Å². The van der Waals surface area contributed by atoms with Crippen LogP contribution in [0.25, 0.3) is 11.3 Å². The summed E-state index contributed by atoms with van der Waals surface area (Å²) in [5.41, 5.74) is 7.41. The third-order valence-electron chi connectivity index (χ3n) is 3.07. The zero-order chi connectivity index (χ0) is 15.2. The lowest BCUT2D eigenvalue weighted by Gasteiger charge is -2.13. The second kappa shape index (κ2) is 6.95. The maximum absolute atomic E-state index is 11.9. The Kier molecular flexibility index (Phi) is 5.00. The van der Waals surface area contributed by atoms with Crippen LogP contribution in [0, 0.1) is 0 Å². The monoisotopic (exact) mass is 288 g/mol. The lowest BCUT2D eigenvalue weighted by molar-refractivity contribution is 0.324. The van der Waals surface area contributed by atoms with Crippen LogP contribution in [-0.4, -0.2) is 18.2 Å². The second-order valence-electron chi connectivity index (χ2n) is 4.45. The van der Waals surface area contributed by atoms with Crippen molar-refractivity contribution in [3.05, 3.63) is 46.2 Å². The number of benzene rings is 1. The molecule has 0 fully saturated rings. The summed E-state index contributed by atoms with van der Waals surface area (Å²) < 4.78 is 11.1. The molecule has 0 saturated carbocycles. The highest BCUT2D eigenvalue weighted by Crippen LogP contribution is 2.32. The van der Waals surface area contributed by atoms with Crippen LogP contribution in [0.1, 0.15) is 19.4 Å². The van der Waals surface area contributed by atoms with E-state index in [0.29, 0.717) is 30.2 Å². The fraction of sp³-hybridized carbons (Fsp3) is 0.312. The Morgan fingerprint density at radius 1 is 1.10 bits per heavy atom. The van der Waals surface area contributed by atoms with Crippen LogP contribution in [0.3, 0.4) is 0 Å². The lowest BCUT2D eigenvalue weighted by Crippen LogP contribution is -2.16. The van der Waals surface area contributed by atoms with E-state index < -0.39 is 0 Å². The van der Waals surface area contributed by atoms with Crippen LogP contribution in [0.15, 0.2) is 35.1 Å². The van der Waals surface area contributed by atoms with E-state index in [4.69, 9.17) is 15.2 Å². The van der Waals surface area contributed by atoms with Gasteiger partial charge in [0.05, 0.1) is 18.9 Å². The molecule has 0 amide bonds. The molecule has 5 heteroatoms. The molecule has 112 valence electrons. The first-order chi connectivity index (χ1) is 10.2. The van der Waals surface area contributed by atoms with Crippen molar-refractivity contribution in [2.24, 2.45) is 5.73 Å². The average molecular weight is 288 g/mol. The van der Waals surface area contributed by atoms with Gasteiger partial charge in [0.25, 0.3) is 5.56 Å². The van der Waals surface area contributed by atoms with Crippen molar-refractivity contribution < 1.29 is 9.47 Å². The minimum absolute atomic E-state index is 0.175. The van der Waals surface area contributed by atoms with Crippen molar-refractivity contribution in [2.45, 2.75) is 20.4 Å². The Bertz CT molecular complexity index is 665. The first-order valence-corrected chi connectivity index (χ1v) is 7.01. The van der Waals surface area contributed by atoms with Gasteiger partial charge >= 0.3 is 0 Å². The van der Waals surface area contributed by atoms with E-state index in [0.717, 1.165) is 11.3 Å². The summed E-state index contributed by atoms with van der Waals surface area (Å²) >= 11 is 0. The molecule has 0 saturated heterocycles. The van der Waals surface area contributed by atoms with E-state index in [1.165, 1.54) is 0 Å². The number of rotatable bonds is 6. The summed E-state index contributed by atoms with van der Waals surface area (Å²) in [6.07, 6.45) is 0. The zero-order valence-electron chi connectivity index (χ0n) is 12.3. The van der Waals surface area contributed by atoms with Gasteiger partial charge in [-0.15, -0.1) is 0 Å². The first kappa shape index (κ1) is 15.1. The van der Waals surface area contributed by atoms with E-state index >= 15 is 0 Å². The van der Waals surface area contributed by atoms with Crippen LogP contribution in [0.2, 0.25) is 0 Å². The van der Waals surface area contributed by atoms with Gasteiger partial charge in [-0.05, 0) is 32.0 Å². The number of H-pyrrole nitrogens is 1. The molecule has 0 aliphatic rings. The van der Waals surface area contributed by atoms with Crippen LogP contribution in [0.5, 0.6) is 11.5 Å². The Morgan fingerprint density at radius 2 is 1.86 bits per heavy atom. The average Bonchev–Trinajstić information content (AvgIpc) is 2.48. The molecule has 1 heterocycles. The predicted octanol–water partition coefficient (Wildman–Crippen LogP) is 2.30. The molecule has 2 rings (SSSR count). The molecule has 3 N–H and O–H groups in total. The molecule has 0 aliphatic carbocycles. The predicted molar refractivity (Wildman–Crippen MR) is 82.7 cm³/mol. The van der Waals surface area contributed by atoms with Crippen molar-refractivity contribution >= 4 is 0 Å². The molecule has 2 aromatic rings. The maximum Gasteiger partial charge on any atom is 0.252 e. The lowest BCUT2D eigenvalue weighted by atomic mass is 10.1. The van der Waals surface area contributed by atoms with Crippen LogP contribution in [0.4, 0.5) is 0 Å². The van der Waals surface area contributed by atoms with E-state index in [-0.39, 0.29) is 12.1 Å². The normalized spacial score (nSPS) is 10.4. The second-order valence-corrected chi connectivity index (χ2v) is 4.45. The van der Waals surface area contributed by atoms with Crippen molar-refractivity contribution in [1.82, 2.24) is 4.98 Å². The minimum Gasteiger partial charge on any atom is -0.494 e. The molecule has 1 aromatic heterocycles. The molecule has 0 spiro atoms. The fourth-order valence-corrected chi connectivity index (χ4v) is 2.08. The highest BCUT2D eigenvalue weighted by molar-refractivity contribution is 5.68. The van der Waals surface area contributed by atoms with Gasteiger partial charge in [0, 0.05) is 23.7 Å². The SMILES string of the molecule is CCOc1ccc(-c2ccc(CN)c(=O)[nH]2)c(OCC)c1. The van der Waals surface area contributed by atoms with E-state index in [1.807, 2.05) is 38.1 Å². The van der Waals surface area contributed by atoms with Crippen LogP contribution < -0.4 is 20.8 Å². The van der Waals surface area contributed by atoms with Crippen molar-refractivity contribution in [1.29, 1.82) is 0 Å². The quantitative estimate of drug-likeness (QED) is 0.855. The zero-order valence-corrected chi connectivity index (χ0v) is 12.3. The van der Waals surface area contributed by atoms with E-state index in [1.54, 1.807) is 6.07 Å². The third-order valence-corrected chi connectivity index (χ3v) is 3.07. The Labute approximate surface area is 123 Å². The van der Waals surface area contributed by atoms with Crippen molar-refractivity contribution in [3.63, 3.8) is 0 Å². The fourth-order valence-electron chi connectivity index (χ4n) is 2.08. The van der Waals surface area contributed by atoms with Crippen LogP contribution >= 0.6 is 0 Å². The standard InChI is InChI=1S/C16H20N2O3/c1-3-20-12-6-7-13(15(9-12)21-4-2)14-8-5-11(10-17)16(19)18-14/h5-9H,3-4,10,17H2,1-2H3,(H,18,19). The minimum atomic E-state index is -0.175. The van der Waals surface area contributed by atoms with Gasteiger partial charge in [-0.2, -0.15) is 0 Å². The molecule has 5 nitrogen and oxygen atoms in total. The first-order valence-electron chi connectivity index (χ1n) is 7.01. The number of nitrogens with two attached hydrogens (primary N) is 1. The summed E-state index contributed by atoms with van der Waals surface area (Å²) in [5.74, 6) is 1.42. The summed E-state index contributed by atoms with van der Waals surface area (Å²) in [4.78, 5) is 14.7. The Hall–Kier alpha value is -2.27. The number of hydrogen-bond acceptors (Lipinski definition) is 4. The summed E-state index contributed by atoms with van der Waals surface area (Å²) in [5, 5.41) is 0. The van der Waals surface area contributed by atoms with Gasteiger partial charge < -0.3 is 20.2 Å². The molecule has 21 heavy (non-hydrogen) atoms. The Balaban J connectivity index is 2.46. The number of aromatic amines is 1. The third kappa shape index (κ3) is 3.44. The van der Waals surface area contributed by atoms with Gasteiger partial charge in [-0.3, -0.25) is 4.79 Å². The molecule has 0 unspecified atom stereocenters. The molecule has 1 aromatic carbocycles. The molecular formula is C16H20N2O3. The summed E-state index contributed by atoms with van der Waals surface area (Å²) in [7, 11) is 0.